The first-order valence-corrected chi connectivity index (χ1v) is 6.97. The van der Waals surface area contributed by atoms with Gasteiger partial charge in [-0.1, -0.05) is 0 Å². The van der Waals surface area contributed by atoms with Crippen LogP contribution >= 0.6 is 0 Å². The average Bonchev–Trinajstić information content (AvgIpc) is 2.89. The molecule has 0 aromatic heterocycles. The van der Waals surface area contributed by atoms with Gasteiger partial charge < -0.3 is 15.7 Å². The maximum atomic E-state index is 13.5. The number of rotatable bonds is 4. The number of carbonyl (C=O) groups excluding carboxylic acids is 2. The minimum absolute atomic E-state index is 0.0602. The molecule has 0 bridgehead atoms. The maximum absolute atomic E-state index is 13.5. The van der Waals surface area contributed by atoms with E-state index in [1.54, 1.807) is 0 Å². The molecule has 6 nitrogen and oxygen atoms in total. The van der Waals surface area contributed by atoms with Gasteiger partial charge in [-0.2, -0.15) is 0 Å². The summed E-state index contributed by atoms with van der Waals surface area (Å²) in [5.41, 5.74) is 0.152. The lowest BCUT2D eigenvalue weighted by Crippen LogP contribution is -2.33. The van der Waals surface area contributed by atoms with Gasteiger partial charge in [-0.3, -0.25) is 14.4 Å². The van der Waals surface area contributed by atoms with Crippen molar-refractivity contribution in [2.75, 3.05) is 5.32 Å². The van der Waals surface area contributed by atoms with E-state index in [0.717, 1.165) is 6.07 Å². The molecule has 0 saturated heterocycles. The number of aliphatic carboxylic acids is 1. The van der Waals surface area contributed by atoms with Crippen molar-refractivity contribution in [3.63, 3.8) is 0 Å². The van der Waals surface area contributed by atoms with Gasteiger partial charge in [0.1, 0.15) is 5.82 Å². The van der Waals surface area contributed by atoms with E-state index in [1.165, 1.54) is 19.1 Å². The van der Waals surface area contributed by atoms with E-state index in [4.69, 9.17) is 5.11 Å². The summed E-state index contributed by atoms with van der Waals surface area (Å²) in [7, 11) is 0. The highest BCUT2D eigenvalue weighted by Gasteiger charge is 2.30. The number of anilines is 1. The fourth-order valence-corrected chi connectivity index (χ4v) is 2.56. The highest BCUT2D eigenvalue weighted by molar-refractivity contribution is 5.97. The van der Waals surface area contributed by atoms with Crippen LogP contribution in [0.3, 0.4) is 0 Å². The summed E-state index contributed by atoms with van der Waals surface area (Å²) in [6.07, 6.45) is 1.52. The molecule has 118 valence electrons. The third-order valence-electron chi connectivity index (χ3n) is 3.66. The highest BCUT2D eigenvalue weighted by Crippen LogP contribution is 2.26. The van der Waals surface area contributed by atoms with Crippen molar-refractivity contribution in [3.05, 3.63) is 29.6 Å². The SMILES string of the molecule is CC(=O)Nc1cc(C(=O)N[C@@H]2CC[C@H](C(=O)O)C2)ccc1F. The quantitative estimate of drug-likeness (QED) is 0.790. The van der Waals surface area contributed by atoms with Crippen LogP contribution in [0.2, 0.25) is 0 Å². The molecule has 0 radical (unpaired) electrons. The Kier molecular flexibility index (Phi) is 4.75. The molecule has 3 N–H and O–H groups in total. The normalized spacial score (nSPS) is 20.5. The third-order valence-corrected chi connectivity index (χ3v) is 3.66. The Morgan fingerprint density at radius 1 is 1.27 bits per heavy atom. The number of halogens is 1. The number of nitrogens with one attached hydrogen (secondary N) is 2. The summed E-state index contributed by atoms with van der Waals surface area (Å²) < 4.78 is 13.5. The Bertz CT molecular complexity index is 618. The molecular formula is C15H17FN2O4. The molecule has 2 atom stereocenters. The van der Waals surface area contributed by atoms with Crippen LogP contribution in [-0.4, -0.2) is 28.9 Å². The summed E-state index contributed by atoms with van der Waals surface area (Å²) in [6.45, 7) is 1.25. The number of benzene rings is 1. The number of carboxylic acids is 1. The van der Waals surface area contributed by atoms with Crippen LogP contribution in [0.25, 0.3) is 0 Å². The van der Waals surface area contributed by atoms with Gasteiger partial charge >= 0.3 is 5.97 Å². The molecule has 1 aromatic carbocycles. The molecule has 1 aliphatic carbocycles. The molecule has 0 unspecified atom stereocenters. The van der Waals surface area contributed by atoms with Crippen molar-refractivity contribution in [3.8, 4) is 0 Å². The Balaban J connectivity index is 2.04. The van der Waals surface area contributed by atoms with Gasteiger partial charge in [-0.15, -0.1) is 0 Å². The second-order valence-electron chi connectivity index (χ2n) is 5.39. The minimum Gasteiger partial charge on any atom is -0.481 e. The molecule has 1 saturated carbocycles. The summed E-state index contributed by atoms with van der Waals surface area (Å²) in [5, 5.41) is 14.0. The molecule has 0 aliphatic heterocycles. The van der Waals surface area contributed by atoms with Gasteiger partial charge in [0.2, 0.25) is 5.91 Å². The Morgan fingerprint density at radius 3 is 2.59 bits per heavy atom. The standard InChI is InChI=1S/C15H17FN2O4/c1-8(19)17-13-7-9(3-5-12(13)16)14(20)18-11-4-2-10(6-11)15(21)22/h3,5,7,10-11H,2,4,6H2,1H3,(H,17,19)(H,18,20)(H,21,22)/t10-,11+/m0/s1. The predicted octanol–water partition coefficient (Wildman–Crippen LogP) is 1.77. The van der Waals surface area contributed by atoms with Crippen LogP contribution in [0.5, 0.6) is 0 Å². The van der Waals surface area contributed by atoms with Crippen LogP contribution in [0.1, 0.15) is 36.5 Å². The van der Waals surface area contributed by atoms with E-state index >= 15 is 0 Å². The summed E-state index contributed by atoms with van der Waals surface area (Å²) in [5.74, 6) is -2.77. The molecule has 2 rings (SSSR count). The lowest BCUT2D eigenvalue weighted by atomic mass is 10.1. The van der Waals surface area contributed by atoms with Crippen LogP contribution < -0.4 is 10.6 Å². The second-order valence-corrected chi connectivity index (χ2v) is 5.39. The van der Waals surface area contributed by atoms with Gasteiger partial charge in [0.05, 0.1) is 11.6 Å². The average molecular weight is 308 g/mol. The largest absolute Gasteiger partial charge is 0.481 e. The molecule has 1 aliphatic rings. The lowest BCUT2D eigenvalue weighted by molar-refractivity contribution is -0.141. The molecular weight excluding hydrogens is 291 g/mol. The maximum Gasteiger partial charge on any atom is 0.306 e. The van der Waals surface area contributed by atoms with E-state index in [1.807, 2.05) is 0 Å². The molecule has 22 heavy (non-hydrogen) atoms. The van der Waals surface area contributed by atoms with Crippen molar-refractivity contribution in [2.45, 2.75) is 32.2 Å². The first-order valence-electron chi connectivity index (χ1n) is 6.97. The summed E-state index contributed by atoms with van der Waals surface area (Å²) in [6, 6.07) is 3.48. The van der Waals surface area contributed by atoms with Crippen molar-refractivity contribution in [1.29, 1.82) is 0 Å². The van der Waals surface area contributed by atoms with Gasteiger partial charge in [0, 0.05) is 18.5 Å². The number of amides is 2. The number of carbonyl (C=O) groups is 3. The minimum atomic E-state index is -0.855. The monoisotopic (exact) mass is 308 g/mol. The zero-order valence-electron chi connectivity index (χ0n) is 12.1. The zero-order valence-corrected chi connectivity index (χ0v) is 12.1. The Labute approximate surface area is 126 Å². The second kappa shape index (κ2) is 6.55. The van der Waals surface area contributed by atoms with Gasteiger partial charge in [0.25, 0.3) is 5.91 Å². The molecule has 7 heteroatoms. The van der Waals surface area contributed by atoms with Crippen molar-refractivity contribution in [1.82, 2.24) is 5.32 Å². The van der Waals surface area contributed by atoms with Crippen LogP contribution in [0.4, 0.5) is 10.1 Å². The zero-order chi connectivity index (χ0) is 16.3. The number of hydrogen-bond acceptors (Lipinski definition) is 3. The Morgan fingerprint density at radius 2 is 2.00 bits per heavy atom. The first-order chi connectivity index (χ1) is 10.4. The highest BCUT2D eigenvalue weighted by atomic mass is 19.1. The van der Waals surface area contributed by atoms with Crippen molar-refractivity contribution < 1.29 is 23.9 Å². The lowest BCUT2D eigenvalue weighted by Gasteiger charge is -2.13. The number of carboxylic acid groups (broad SMARTS) is 1. The van der Waals surface area contributed by atoms with E-state index < -0.39 is 29.5 Å². The van der Waals surface area contributed by atoms with Crippen LogP contribution in [-0.2, 0) is 9.59 Å². The predicted molar refractivity (Wildman–Crippen MR) is 76.9 cm³/mol. The molecule has 0 heterocycles. The Hall–Kier alpha value is -2.44. The summed E-state index contributed by atoms with van der Waals surface area (Å²) in [4.78, 5) is 34.0. The van der Waals surface area contributed by atoms with Crippen molar-refractivity contribution in [2.24, 2.45) is 5.92 Å². The van der Waals surface area contributed by atoms with E-state index in [-0.39, 0.29) is 17.3 Å². The fourth-order valence-electron chi connectivity index (χ4n) is 2.56. The van der Waals surface area contributed by atoms with E-state index in [2.05, 4.69) is 10.6 Å². The van der Waals surface area contributed by atoms with Gasteiger partial charge in [0.15, 0.2) is 0 Å². The van der Waals surface area contributed by atoms with E-state index in [0.29, 0.717) is 19.3 Å². The first kappa shape index (κ1) is 15.9. The topological polar surface area (TPSA) is 95.5 Å². The van der Waals surface area contributed by atoms with E-state index in [9.17, 15) is 18.8 Å². The smallest absolute Gasteiger partial charge is 0.306 e. The molecule has 1 aromatic rings. The van der Waals surface area contributed by atoms with Crippen LogP contribution in [0, 0.1) is 11.7 Å². The fraction of sp³-hybridized carbons (Fsp3) is 0.400. The molecule has 0 spiro atoms. The molecule has 1 fully saturated rings. The molecule has 2 amide bonds. The summed E-state index contributed by atoms with van der Waals surface area (Å²) >= 11 is 0. The third kappa shape index (κ3) is 3.81. The number of hydrogen-bond donors (Lipinski definition) is 3. The van der Waals surface area contributed by atoms with Crippen LogP contribution in [0.15, 0.2) is 18.2 Å². The van der Waals surface area contributed by atoms with Gasteiger partial charge in [-0.05, 0) is 37.5 Å². The van der Waals surface area contributed by atoms with Crippen molar-refractivity contribution >= 4 is 23.5 Å². The van der Waals surface area contributed by atoms with Gasteiger partial charge in [-0.25, -0.2) is 4.39 Å².